The Morgan fingerprint density at radius 1 is 0.791 bits per heavy atom. The molecule has 1 aromatic carbocycles. The van der Waals surface area contributed by atoms with E-state index in [2.05, 4.69) is 124 Å². The van der Waals surface area contributed by atoms with Crippen LogP contribution in [-0.4, -0.2) is 27.3 Å². The predicted molar refractivity (Wildman–Crippen MR) is 195 cm³/mol. The van der Waals surface area contributed by atoms with Crippen LogP contribution in [0, 0.1) is 0 Å². The predicted octanol–water partition coefficient (Wildman–Crippen LogP) is 11.7. The highest BCUT2D eigenvalue weighted by molar-refractivity contribution is 7.11. The fourth-order valence-electron chi connectivity index (χ4n) is 4.56. The number of rotatable bonds is 16. The van der Waals surface area contributed by atoms with E-state index in [1.165, 1.54) is 32.7 Å². The molecule has 2 aromatic rings. The molecule has 0 fully saturated rings. The molecule has 43 heavy (non-hydrogen) atoms. The molecule has 0 aliphatic carbocycles. The molecule has 0 saturated carbocycles. The molecule has 244 valence electrons. The topological polar surface area (TPSA) is 38.7 Å². The second-order valence-corrected chi connectivity index (χ2v) is 26.1. The van der Waals surface area contributed by atoms with E-state index in [-0.39, 0.29) is 10.1 Å². The largest absolute Gasteiger partial charge is 0.413 e. The van der Waals surface area contributed by atoms with Crippen molar-refractivity contribution >= 4 is 33.5 Å². The van der Waals surface area contributed by atoms with Gasteiger partial charge >= 0.3 is 0 Å². The van der Waals surface area contributed by atoms with Crippen LogP contribution in [0.2, 0.25) is 36.3 Å². The summed E-state index contributed by atoms with van der Waals surface area (Å²) in [4.78, 5) is 1.37. The van der Waals surface area contributed by atoms with Crippen molar-refractivity contribution < 1.29 is 14.0 Å². The second kappa shape index (κ2) is 15.5. The molecular formula is C37H64O3SSi2. The number of benzene rings is 1. The SMILES string of the molecule is CCC(=CCCC(O)(CC)CC)c1cc(CCc2ccc(CO[Si](C)(C)C(C)(C)C)c(CO[Si](C)(C)C(C)(C)C)c2)cs1. The van der Waals surface area contributed by atoms with Crippen LogP contribution in [0.5, 0.6) is 0 Å². The van der Waals surface area contributed by atoms with Crippen LogP contribution in [0.3, 0.4) is 0 Å². The zero-order valence-corrected chi connectivity index (χ0v) is 32.8. The number of thiophene rings is 1. The standard InChI is InChI=1S/C37H64O3SSi2/c1-14-31(18-17-23-37(38,15-2)16-3)34-25-30(28-41-34)20-19-29-21-22-32(26-39-42(10,11)35(4,5)6)33(24-29)27-40-43(12,13)36(7,8)9/h18,21-22,24-25,28,38H,14-17,19-20,23,26-27H2,1-13H3. The first-order valence-electron chi connectivity index (χ1n) is 16.6. The fourth-order valence-corrected chi connectivity index (χ4v) is 7.52. The van der Waals surface area contributed by atoms with Gasteiger partial charge in [-0.15, -0.1) is 11.3 Å². The van der Waals surface area contributed by atoms with E-state index in [4.69, 9.17) is 8.85 Å². The van der Waals surface area contributed by atoms with Crippen molar-refractivity contribution in [3.8, 4) is 0 Å². The molecule has 0 unspecified atom stereocenters. The maximum Gasteiger partial charge on any atom is 0.192 e. The maximum atomic E-state index is 10.7. The highest BCUT2D eigenvalue weighted by Crippen LogP contribution is 2.39. The van der Waals surface area contributed by atoms with Crippen LogP contribution >= 0.6 is 11.3 Å². The van der Waals surface area contributed by atoms with Crippen LogP contribution in [0.15, 0.2) is 35.7 Å². The van der Waals surface area contributed by atoms with Crippen molar-refractivity contribution in [2.45, 2.75) is 162 Å². The Labute approximate surface area is 271 Å². The number of aliphatic hydroxyl groups is 1. The van der Waals surface area contributed by atoms with Gasteiger partial charge in [0.2, 0.25) is 0 Å². The van der Waals surface area contributed by atoms with Crippen molar-refractivity contribution in [3.05, 3.63) is 62.9 Å². The minimum absolute atomic E-state index is 0.179. The zero-order chi connectivity index (χ0) is 32.7. The van der Waals surface area contributed by atoms with E-state index in [0.717, 1.165) is 44.9 Å². The van der Waals surface area contributed by atoms with Gasteiger partial charge in [0.1, 0.15) is 0 Å². The summed E-state index contributed by atoms with van der Waals surface area (Å²) in [6, 6.07) is 9.35. The molecule has 6 heteroatoms. The van der Waals surface area contributed by atoms with E-state index in [1.54, 1.807) is 0 Å². The highest BCUT2D eigenvalue weighted by Gasteiger charge is 2.38. The Hall–Kier alpha value is -1.03. The van der Waals surface area contributed by atoms with Crippen molar-refractivity contribution in [3.63, 3.8) is 0 Å². The number of hydrogen-bond acceptors (Lipinski definition) is 4. The van der Waals surface area contributed by atoms with E-state index >= 15 is 0 Å². The third-order valence-corrected chi connectivity index (χ3v) is 20.4. The smallest absolute Gasteiger partial charge is 0.192 e. The van der Waals surface area contributed by atoms with Gasteiger partial charge in [-0.25, -0.2) is 0 Å². The summed E-state index contributed by atoms with van der Waals surface area (Å²) < 4.78 is 13.4. The van der Waals surface area contributed by atoms with Gasteiger partial charge in [0.15, 0.2) is 16.6 Å². The Morgan fingerprint density at radius 2 is 1.33 bits per heavy atom. The first-order valence-corrected chi connectivity index (χ1v) is 23.3. The van der Waals surface area contributed by atoms with Crippen molar-refractivity contribution in [2.24, 2.45) is 0 Å². The molecule has 0 spiro atoms. The number of hydrogen-bond donors (Lipinski definition) is 1. The minimum Gasteiger partial charge on any atom is -0.413 e. The Bertz CT molecular complexity index is 1180. The molecular weight excluding hydrogens is 581 g/mol. The molecule has 1 heterocycles. The lowest BCUT2D eigenvalue weighted by Crippen LogP contribution is -2.41. The zero-order valence-electron chi connectivity index (χ0n) is 30.0. The van der Waals surface area contributed by atoms with Crippen LogP contribution in [-0.2, 0) is 34.9 Å². The molecule has 1 N–H and O–H groups in total. The van der Waals surface area contributed by atoms with Gasteiger partial charge in [0.05, 0.1) is 18.8 Å². The van der Waals surface area contributed by atoms with Crippen LogP contribution in [0.1, 0.15) is 122 Å². The lowest BCUT2D eigenvalue weighted by Gasteiger charge is -2.37. The van der Waals surface area contributed by atoms with Gasteiger partial charge in [0.25, 0.3) is 0 Å². The summed E-state index contributed by atoms with van der Waals surface area (Å²) in [5.41, 5.74) is 6.19. The first kappa shape index (κ1) is 38.2. The van der Waals surface area contributed by atoms with Crippen LogP contribution in [0.4, 0.5) is 0 Å². The fraction of sp³-hybridized carbons (Fsp3) is 0.676. The van der Waals surface area contributed by atoms with E-state index in [1.807, 2.05) is 11.3 Å². The summed E-state index contributed by atoms with van der Waals surface area (Å²) in [6.45, 7) is 30.9. The summed E-state index contributed by atoms with van der Waals surface area (Å²) in [5.74, 6) is 0. The van der Waals surface area contributed by atoms with Gasteiger partial charge in [-0.05, 0) is 120 Å². The minimum atomic E-state index is -1.88. The number of aryl methyl sites for hydroxylation is 2. The van der Waals surface area contributed by atoms with E-state index in [0.29, 0.717) is 13.2 Å². The Morgan fingerprint density at radius 3 is 1.84 bits per heavy atom. The molecule has 2 rings (SSSR count). The van der Waals surface area contributed by atoms with Gasteiger partial charge < -0.3 is 14.0 Å². The summed E-state index contributed by atoms with van der Waals surface area (Å²) in [5, 5.41) is 13.4. The third kappa shape index (κ3) is 11.1. The van der Waals surface area contributed by atoms with Gasteiger partial charge in [-0.1, -0.05) is 86.6 Å². The molecule has 0 radical (unpaired) electrons. The van der Waals surface area contributed by atoms with E-state index < -0.39 is 22.2 Å². The normalized spacial score (nSPS) is 14.0. The quantitative estimate of drug-likeness (QED) is 0.185. The molecule has 0 aliphatic rings. The maximum absolute atomic E-state index is 10.7. The average molecular weight is 645 g/mol. The Balaban J connectivity index is 2.19. The summed E-state index contributed by atoms with van der Waals surface area (Å²) in [6.07, 6.45) is 8.81. The van der Waals surface area contributed by atoms with Crippen LogP contribution < -0.4 is 0 Å². The van der Waals surface area contributed by atoms with Crippen molar-refractivity contribution in [1.29, 1.82) is 0 Å². The van der Waals surface area contributed by atoms with E-state index in [9.17, 15) is 5.11 Å². The molecule has 1 aromatic heterocycles. The summed E-state index contributed by atoms with van der Waals surface area (Å²) >= 11 is 1.86. The summed E-state index contributed by atoms with van der Waals surface area (Å²) in [7, 11) is -3.73. The molecule has 0 bridgehead atoms. The monoisotopic (exact) mass is 644 g/mol. The number of allylic oxidation sites excluding steroid dienone is 2. The molecule has 3 nitrogen and oxygen atoms in total. The Kier molecular flexibility index (Phi) is 13.8. The molecule has 0 atom stereocenters. The van der Waals surface area contributed by atoms with Gasteiger partial charge in [0, 0.05) is 4.88 Å². The van der Waals surface area contributed by atoms with Crippen molar-refractivity contribution in [1.82, 2.24) is 0 Å². The molecule has 0 saturated heterocycles. The van der Waals surface area contributed by atoms with Crippen molar-refractivity contribution in [2.75, 3.05) is 0 Å². The van der Waals surface area contributed by atoms with Crippen LogP contribution in [0.25, 0.3) is 5.57 Å². The lowest BCUT2D eigenvalue weighted by molar-refractivity contribution is 0.0246. The van der Waals surface area contributed by atoms with Gasteiger partial charge in [-0.2, -0.15) is 0 Å². The molecule has 0 aliphatic heterocycles. The lowest BCUT2D eigenvalue weighted by atomic mass is 9.91. The van der Waals surface area contributed by atoms with Gasteiger partial charge in [-0.3, -0.25) is 0 Å². The second-order valence-electron chi connectivity index (χ2n) is 15.6. The average Bonchev–Trinajstić information content (AvgIpc) is 3.40. The first-order chi connectivity index (χ1) is 19.8. The molecule has 0 amide bonds. The highest BCUT2D eigenvalue weighted by atomic mass is 32.1. The third-order valence-electron chi connectivity index (χ3n) is 10.4.